The van der Waals surface area contributed by atoms with Gasteiger partial charge >= 0.3 is 0 Å². The molecule has 21 heavy (non-hydrogen) atoms. The van der Waals surface area contributed by atoms with Crippen molar-refractivity contribution in [2.45, 2.75) is 13.8 Å². The van der Waals surface area contributed by atoms with Crippen molar-refractivity contribution >= 4 is 11.8 Å². The summed E-state index contributed by atoms with van der Waals surface area (Å²) in [5.74, 6) is 0. The Kier molecular flexibility index (Phi) is 4.68. The Bertz CT molecular complexity index is 733. The third-order valence-electron chi connectivity index (χ3n) is 3.34. The maximum Gasteiger partial charge on any atom is 0.0737 e. The lowest BCUT2D eigenvalue weighted by atomic mass is 10.0. The van der Waals surface area contributed by atoms with Crippen molar-refractivity contribution in [1.82, 2.24) is 0 Å². The molecule has 2 nitrogen and oxygen atoms in total. The molecule has 3 rings (SSSR count). The Balaban J connectivity index is 0.000000497. The average Bonchev–Trinajstić information content (AvgIpc) is 2.83. The number of hydrogen-bond acceptors (Lipinski definition) is 2. The minimum atomic E-state index is 0.800. The van der Waals surface area contributed by atoms with Gasteiger partial charge in [0, 0.05) is 24.6 Å². The maximum absolute atomic E-state index is 7.32. The van der Waals surface area contributed by atoms with E-state index < -0.39 is 0 Å². The molecule has 0 fully saturated rings. The van der Waals surface area contributed by atoms with E-state index in [1.54, 1.807) is 6.07 Å². The molecule has 0 saturated carbocycles. The summed E-state index contributed by atoms with van der Waals surface area (Å²) < 4.78 is 0. The van der Waals surface area contributed by atoms with Crippen molar-refractivity contribution in [2.75, 3.05) is 6.54 Å². The van der Waals surface area contributed by atoms with E-state index in [4.69, 9.17) is 5.26 Å². The third-order valence-corrected chi connectivity index (χ3v) is 3.34. The van der Waals surface area contributed by atoms with Crippen LogP contribution in [0.1, 0.15) is 30.5 Å². The monoisotopic (exact) mass is 274 g/mol. The van der Waals surface area contributed by atoms with Crippen LogP contribution >= 0.6 is 0 Å². The van der Waals surface area contributed by atoms with E-state index in [0.29, 0.717) is 0 Å². The van der Waals surface area contributed by atoms with Crippen LogP contribution in [0.25, 0.3) is 17.2 Å². The van der Waals surface area contributed by atoms with Crippen molar-refractivity contribution in [3.63, 3.8) is 0 Å². The molecule has 2 heteroatoms. The van der Waals surface area contributed by atoms with E-state index in [2.05, 4.69) is 61.0 Å². The van der Waals surface area contributed by atoms with Gasteiger partial charge in [-0.05, 0) is 23.6 Å². The molecule has 1 aliphatic rings. The van der Waals surface area contributed by atoms with Gasteiger partial charge in [0.1, 0.15) is 0 Å². The van der Waals surface area contributed by atoms with E-state index >= 15 is 0 Å². The fraction of sp³-hybridized carbons (Fsp3) is 0.158. The van der Waals surface area contributed by atoms with Gasteiger partial charge in [0.25, 0.3) is 0 Å². The minimum Gasteiger partial charge on any atom is -0.284 e. The van der Waals surface area contributed by atoms with Crippen LogP contribution in [0.15, 0.2) is 54.0 Å². The van der Waals surface area contributed by atoms with Gasteiger partial charge in [0.2, 0.25) is 0 Å². The summed E-state index contributed by atoms with van der Waals surface area (Å²) in [6.45, 7) is 8.22. The van der Waals surface area contributed by atoms with Crippen LogP contribution in [-0.4, -0.2) is 12.3 Å². The van der Waals surface area contributed by atoms with Gasteiger partial charge in [-0.2, -0.15) is 5.26 Å². The van der Waals surface area contributed by atoms with Crippen molar-refractivity contribution < 1.29 is 0 Å². The summed E-state index contributed by atoms with van der Waals surface area (Å²) in [4.78, 5) is 4.68. The maximum atomic E-state index is 7.32. The Hall–Kier alpha value is -2.66. The summed E-state index contributed by atoms with van der Waals surface area (Å²) in [6, 6.07) is 16.6. The summed E-state index contributed by atoms with van der Waals surface area (Å²) in [7, 11) is 0. The van der Waals surface area contributed by atoms with Gasteiger partial charge < -0.3 is 0 Å². The molecule has 1 aliphatic carbocycles. The molecule has 0 radical (unpaired) electrons. The molecule has 2 aromatic carbocycles. The average molecular weight is 274 g/mol. The zero-order valence-corrected chi connectivity index (χ0v) is 12.4. The van der Waals surface area contributed by atoms with Crippen LogP contribution < -0.4 is 0 Å². The fourth-order valence-corrected chi connectivity index (χ4v) is 2.61. The smallest absolute Gasteiger partial charge is 0.0737 e. The normalized spacial score (nSPS) is 12.7. The highest BCUT2D eigenvalue weighted by Gasteiger charge is 2.25. The number of fused-ring (bicyclic) bond motifs is 3. The lowest BCUT2D eigenvalue weighted by Gasteiger charge is -2.05. The highest BCUT2D eigenvalue weighted by atomic mass is 14.7. The van der Waals surface area contributed by atoms with Gasteiger partial charge in [-0.1, -0.05) is 55.1 Å². The van der Waals surface area contributed by atoms with E-state index in [9.17, 15) is 0 Å². The van der Waals surface area contributed by atoms with Crippen molar-refractivity contribution in [3.05, 3.63) is 65.7 Å². The molecule has 0 atom stereocenters. The number of benzene rings is 2. The van der Waals surface area contributed by atoms with Crippen LogP contribution in [0.2, 0.25) is 0 Å². The zero-order valence-electron chi connectivity index (χ0n) is 12.4. The van der Waals surface area contributed by atoms with E-state index in [0.717, 1.165) is 17.8 Å². The number of nitrogens with zero attached hydrogens (tertiary/aromatic N) is 2. The second-order valence-electron chi connectivity index (χ2n) is 4.57. The Labute approximate surface area is 126 Å². The summed E-state index contributed by atoms with van der Waals surface area (Å²) in [5.41, 5.74) is 7.30. The standard InChI is InChI=1S/C17H15N.C2H3N/c1-3-12-8-7-11-14-13-9-5-6-10-15(13)17(16(12)14)18-4-2;1-2-3/h3,5-11H,1,4H2,2H3;1H3. The molecular weight excluding hydrogens is 256 g/mol. The SMILES string of the molecule is C=Cc1cccc2c1C(=NCC)c1ccccc1-2.CC#N. The molecule has 0 aliphatic heterocycles. The summed E-state index contributed by atoms with van der Waals surface area (Å²) in [6.07, 6.45) is 1.91. The second-order valence-corrected chi connectivity index (χ2v) is 4.57. The summed E-state index contributed by atoms with van der Waals surface area (Å²) in [5, 5.41) is 7.32. The van der Waals surface area contributed by atoms with Crippen LogP contribution in [0.4, 0.5) is 0 Å². The molecule has 0 N–H and O–H groups in total. The second kappa shape index (κ2) is 6.67. The highest BCUT2D eigenvalue weighted by Crippen LogP contribution is 2.38. The van der Waals surface area contributed by atoms with Gasteiger partial charge in [0.05, 0.1) is 11.8 Å². The number of hydrogen-bond donors (Lipinski definition) is 0. The third kappa shape index (κ3) is 2.64. The first-order valence-electron chi connectivity index (χ1n) is 6.99. The molecule has 104 valence electrons. The molecule has 0 unspecified atom stereocenters. The first-order valence-corrected chi connectivity index (χ1v) is 6.99. The molecule has 0 heterocycles. The Morgan fingerprint density at radius 2 is 1.71 bits per heavy atom. The van der Waals surface area contributed by atoms with Crippen LogP contribution in [0.3, 0.4) is 0 Å². The lowest BCUT2D eigenvalue weighted by molar-refractivity contribution is 1.13. The van der Waals surface area contributed by atoms with Crippen LogP contribution in [0.5, 0.6) is 0 Å². The summed E-state index contributed by atoms with van der Waals surface area (Å²) >= 11 is 0. The molecule has 0 bridgehead atoms. The van der Waals surface area contributed by atoms with Gasteiger partial charge in [0.15, 0.2) is 0 Å². The lowest BCUT2D eigenvalue weighted by Crippen LogP contribution is -2.01. The molecule has 0 saturated heterocycles. The fourth-order valence-electron chi connectivity index (χ4n) is 2.61. The van der Waals surface area contributed by atoms with Crippen molar-refractivity contribution in [1.29, 1.82) is 5.26 Å². The number of nitriles is 1. The van der Waals surface area contributed by atoms with Crippen molar-refractivity contribution in [3.8, 4) is 17.2 Å². The quantitative estimate of drug-likeness (QED) is 0.667. The molecule has 0 aromatic heterocycles. The van der Waals surface area contributed by atoms with Crippen molar-refractivity contribution in [2.24, 2.45) is 4.99 Å². The van der Waals surface area contributed by atoms with Crippen LogP contribution in [-0.2, 0) is 0 Å². The molecular formula is C19H18N2. The predicted octanol–water partition coefficient (Wildman–Crippen LogP) is 4.70. The number of rotatable bonds is 2. The zero-order chi connectivity index (χ0) is 15.2. The van der Waals surface area contributed by atoms with Crippen LogP contribution in [0, 0.1) is 11.3 Å². The topological polar surface area (TPSA) is 36.1 Å². The molecule has 2 aromatic rings. The van der Waals surface area contributed by atoms with E-state index in [1.807, 2.05) is 6.08 Å². The highest BCUT2D eigenvalue weighted by molar-refractivity contribution is 6.25. The Morgan fingerprint density at radius 1 is 1.10 bits per heavy atom. The molecule has 0 spiro atoms. The Morgan fingerprint density at radius 3 is 2.33 bits per heavy atom. The van der Waals surface area contributed by atoms with Gasteiger partial charge in [-0.15, -0.1) is 0 Å². The first-order chi connectivity index (χ1) is 10.3. The van der Waals surface area contributed by atoms with Gasteiger partial charge in [-0.3, -0.25) is 4.99 Å². The van der Waals surface area contributed by atoms with Gasteiger partial charge in [-0.25, -0.2) is 0 Å². The predicted molar refractivity (Wildman–Crippen MR) is 89.4 cm³/mol. The molecule has 0 amide bonds. The largest absolute Gasteiger partial charge is 0.284 e. The van der Waals surface area contributed by atoms with E-state index in [-0.39, 0.29) is 0 Å². The number of aliphatic imine (C=N–C) groups is 1. The first kappa shape index (κ1) is 14.7. The van der Waals surface area contributed by atoms with E-state index in [1.165, 1.54) is 29.2 Å². The minimum absolute atomic E-state index is 0.800.